The summed E-state index contributed by atoms with van der Waals surface area (Å²) in [6.07, 6.45) is -0.622. The lowest BCUT2D eigenvalue weighted by Gasteiger charge is -2.13. The fourth-order valence-electron chi connectivity index (χ4n) is 1.25. The standard InChI is InChI=1S/C11H11FO2/c1-2-9(10(12)11(13)14)8-6-4-3-5-7-8/h2-7,9-10H,1H2,(H,13,14)/t9-,10+/m0/s1. The zero-order chi connectivity index (χ0) is 10.6. The number of aliphatic carboxylic acids is 1. The maximum Gasteiger partial charge on any atom is 0.339 e. The van der Waals surface area contributed by atoms with E-state index in [9.17, 15) is 9.18 Å². The van der Waals surface area contributed by atoms with E-state index in [1.165, 1.54) is 6.08 Å². The minimum atomic E-state index is -1.94. The first-order valence-electron chi connectivity index (χ1n) is 4.21. The molecule has 0 radical (unpaired) electrons. The van der Waals surface area contributed by atoms with Gasteiger partial charge in [-0.25, -0.2) is 9.18 Å². The monoisotopic (exact) mass is 194 g/mol. The Bertz CT molecular complexity index is 321. The van der Waals surface area contributed by atoms with E-state index in [4.69, 9.17) is 5.11 Å². The number of carboxylic acid groups (broad SMARTS) is 1. The maximum absolute atomic E-state index is 13.2. The van der Waals surface area contributed by atoms with E-state index in [1.54, 1.807) is 30.3 Å². The van der Waals surface area contributed by atoms with E-state index in [0.717, 1.165) is 0 Å². The second-order valence-corrected chi connectivity index (χ2v) is 2.91. The van der Waals surface area contributed by atoms with Gasteiger partial charge in [0.15, 0.2) is 0 Å². The fraction of sp³-hybridized carbons (Fsp3) is 0.182. The Morgan fingerprint density at radius 1 is 1.43 bits per heavy atom. The largest absolute Gasteiger partial charge is 0.479 e. The number of rotatable bonds is 4. The molecule has 0 fully saturated rings. The lowest BCUT2D eigenvalue weighted by atomic mass is 9.94. The number of hydrogen-bond donors (Lipinski definition) is 1. The highest BCUT2D eigenvalue weighted by Crippen LogP contribution is 2.23. The zero-order valence-corrected chi connectivity index (χ0v) is 7.56. The van der Waals surface area contributed by atoms with E-state index in [0.29, 0.717) is 5.56 Å². The molecule has 0 amide bonds. The molecule has 0 aliphatic heterocycles. The van der Waals surface area contributed by atoms with Crippen molar-refractivity contribution in [3.8, 4) is 0 Å². The van der Waals surface area contributed by atoms with Crippen LogP contribution < -0.4 is 0 Å². The Morgan fingerprint density at radius 2 is 2.00 bits per heavy atom. The van der Waals surface area contributed by atoms with Crippen molar-refractivity contribution in [1.82, 2.24) is 0 Å². The van der Waals surface area contributed by atoms with Crippen molar-refractivity contribution in [2.75, 3.05) is 0 Å². The molecule has 1 aromatic carbocycles. The molecule has 2 nitrogen and oxygen atoms in total. The van der Waals surface area contributed by atoms with E-state index < -0.39 is 18.1 Å². The van der Waals surface area contributed by atoms with Crippen molar-refractivity contribution in [3.63, 3.8) is 0 Å². The Labute approximate surface area is 81.7 Å². The average molecular weight is 194 g/mol. The van der Waals surface area contributed by atoms with Crippen LogP contribution in [0.15, 0.2) is 43.0 Å². The summed E-state index contributed by atoms with van der Waals surface area (Å²) in [5.41, 5.74) is 0.623. The molecule has 0 heterocycles. The first kappa shape index (κ1) is 10.4. The topological polar surface area (TPSA) is 37.3 Å². The molecule has 0 saturated heterocycles. The average Bonchev–Trinajstić information content (AvgIpc) is 2.20. The van der Waals surface area contributed by atoms with Crippen molar-refractivity contribution < 1.29 is 14.3 Å². The van der Waals surface area contributed by atoms with Crippen LogP contribution in [0.2, 0.25) is 0 Å². The van der Waals surface area contributed by atoms with Crippen molar-refractivity contribution in [1.29, 1.82) is 0 Å². The minimum Gasteiger partial charge on any atom is -0.479 e. The van der Waals surface area contributed by atoms with Crippen LogP contribution in [0.5, 0.6) is 0 Å². The van der Waals surface area contributed by atoms with Gasteiger partial charge in [0.2, 0.25) is 6.17 Å². The van der Waals surface area contributed by atoms with Gasteiger partial charge in [-0.05, 0) is 5.56 Å². The molecular formula is C11H11FO2. The third kappa shape index (κ3) is 2.19. The molecule has 0 unspecified atom stereocenters. The quantitative estimate of drug-likeness (QED) is 0.747. The molecule has 0 aliphatic carbocycles. The van der Waals surface area contributed by atoms with Gasteiger partial charge in [0, 0.05) is 5.92 Å². The summed E-state index contributed by atoms with van der Waals surface area (Å²) in [6, 6.07) is 8.63. The van der Waals surface area contributed by atoms with Crippen molar-refractivity contribution >= 4 is 5.97 Å². The second kappa shape index (κ2) is 4.56. The highest BCUT2D eigenvalue weighted by Gasteiger charge is 2.26. The van der Waals surface area contributed by atoms with Gasteiger partial charge in [0.25, 0.3) is 0 Å². The summed E-state index contributed by atoms with van der Waals surface area (Å²) in [4.78, 5) is 10.5. The maximum atomic E-state index is 13.2. The van der Waals surface area contributed by atoms with Crippen LogP contribution in [0.25, 0.3) is 0 Å². The number of alkyl halides is 1. The highest BCUT2D eigenvalue weighted by atomic mass is 19.1. The van der Waals surface area contributed by atoms with Gasteiger partial charge in [-0.1, -0.05) is 36.4 Å². The van der Waals surface area contributed by atoms with E-state index >= 15 is 0 Å². The summed E-state index contributed by atoms with van der Waals surface area (Å²) in [5, 5.41) is 8.52. The van der Waals surface area contributed by atoms with Crippen LogP contribution in [0, 0.1) is 0 Å². The minimum absolute atomic E-state index is 0.623. The molecule has 1 aromatic rings. The normalized spacial score (nSPS) is 14.4. The van der Waals surface area contributed by atoms with E-state index in [-0.39, 0.29) is 0 Å². The van der Waals surface area contributed by atoms with Crippen molar-refractivity contribution in [2.45, 2.75) is 12.1 Å². The van der Waals surface area contributed by atoms with Crippen LogP contribution >= 0.6 is 0 Å². The number of halogens is 1. The van der Waals surface area contributed by atoms with E-state index in [2.05, 4.69) is 6.58 Å². The van der Waals surface area contributed by atoms with Crippen LogP contribution in [-0.4, -0.2) is 17.2 Å². The van der Waals surface area contributed by atoms with Crippen LogP contribution in [0.1, 0.15) is 11.5 Å². The smallest absolute Gasteiger partial charge is 0.339 e. The molecule has 3 heteroatoms. The van der Waals surface area contributed by atoms with Gasteiger partial charge in [-0.2, -0.15) is 0 Å². The SMILES string of the molecule is C=C[C@@H](c1ccccc1)[C@@H](F)C(=O)O. The number of benzene rings is 1. The molecule has 74 valence electrons. The number of carboxylic acids is 1. The Morgan fingerprint density at radius 3 is 2.43 bits per heavy atom. The van der Waals surface area contributed by atoms with Crippen LogP contribution in [0.4, 0.5) is 4.39 Å². The number of allylic oxidation sites excluding steroid dienone is 1. The fourth-order valence-corrected chi connectivity index (χ4v) is 1.25. The Kier molecular flexibility index (Phi) is 3.40. The van der Waals surface area contributed by atoms with Gasteiger partial charge in [0.1, 0.15) is 0 Å². The van der Waals surface area contributed by atoms with E-state index in [1.807, 2.05) is 0 Å². The van der Waals surface area contributed by atoms with Crippen molar-refractivity contribution in [2.24, 2.45) is 0 Å². The molecule has 0 aromatic heterocycles. The molecule has 0 bridgehead atoms. The van der Waals surface area contributed by atoms with Crippen LogP contribution in [-0.2, 0) is 4.79 Å². The third-order valence-electron chi connectivity index (χ3n) is 1.99. The zero-order valence-electron chi connectivity index (χ0n) is 7.56. The molecule has 0 aliphatic rings. The molecular weight excluding hydrogens is 183 g/mol. The first-order valence-corrected chi connectivity index (χ1v) is 4.21. The second-order valence-electron chi connectivity index (χ2n) is 2.91. The third-order valence-corrected chi connectivity index (χ3v) is 1.99. The van der Waals surface area contributed by atoms with Gasteiger partial charge in [-0.3, -0.25) is 0 Å². The predicted octanol–water partition coefficient (Wildman–Crippen LogP) is 2.38. The lowest BCUT2D eigenvalue weighted by Crippen LogP contribution is -2.21. The molecule has 0 spiro atoms. The summed E-state index contributed by atoms with van der Waals surface area (Å²) < 4.78 is 13.2. The summed E-state index contributed by atoms with van der Waals surface area (Å²) in [5.74, 6) is -2.24. The molecule has 2 atom stereocenters. The van der Waals surface area contributed by atoms with Gasteiger partial charge in [-0.15, -0.1) is 6.58 Å². The Balaban J connectivity index is 2.93. The predicted molar refractivity (Wildman–Crippen MR) is 51.9 cm³/mol. The first-order chi connectivity index (χ1) is 6.66. The summed E-state index contributed by atoms with van der Waals surface area (Å²) in [6.45, 7) is 3.44. The molecule has 1 rings (SSSR count). The summed E-state index contributed by atoms with van der Waals surface area (Å²) >= 11 is 0. The van der Waals surface area contributed by atoms with Crippen LogP contribution in [0.3, 0.4) is 0 Å². The van der Waals surface area contributed by atoms with Gasteiger partial charge in [0.05, 0.1) is 0 Å². The highest BCUT2D eigenvalue weighted by molar-refractivity contribution is 5.74. The number of carbonyl (C=O) groups is 1. The van der Waals surface area contributed by atoms with Gasteiger partial charge >= 0.3 is 5.97 Å². The summed E-state index contributed by atoms with van der Waals surface area (Å²) in [7, 11) is 0. The van der Waals surface area contributed by atoms with Crippen molar-refractivity contribution in [3.05, 3.63) is 48.6 Å². The molecule has 1 N–H and O–H groups in total. The molecule has 0 saturated carbocycles. The number of hydrogen-bond acceptors (Lipinski definition) is 1. The van der Waals surface area contributed by atoms with Gasteiger partial charge < -0.3 is 5.11 Å². The lowest BCUT2D eigenvalue weighted by molar-refractivity contribution is -0.143. The molecule has 14 heavy (non-hydrogen) atoms. The Hall–Kier alpha value is -1.64.